The summed E-state index contributed by atoms with van der Waals surface area (Å²) in [7, 11) is 3.10. The van der Waals surface area contributed by atoms with E-state index in [1.807, 2.05) is 42.5 Å². The van der Waals surface area contributed by atoms with Crippen LogP contribution in [0.5, 0.6) is 11.5 Å². The molecule has 0 aromatic heterocycles. The molecule has 0 spiro atoms. The van der Waals surface area contributed by atoms with Crippen LogP contribution in [0, 0.1) is 0 Å². The first-order chi connectivity index (χ1) is 13.5. The molecular weight excluding hydrogens is 360 g/mol. The molecule has 0 aliphatic carbocycles. The molecule has 0 bridgehead atoms. The second kappa shape index (κ2) is 8.56. The van der Waals surface area contributed by atoms with Crippen LogP contribution in [0.4, 0.5) is 0 Å². The number of ether oxygens (including phenoxy) is 2. The second-order valence-corrected chi connectivity index (χ2v) is 6.35. The van der Waals surface area contributed by atoms with E-state index < -0.39 is 12.0 Å². The number of amides is 1. The Morgan fingerprint density at radius 3 is 2.46 bits per heavy atom. The van der Waals surface area contributed by atoms with Gasteiger partial charge in [0.05, 0.1) is 32.4 Å². The Labute approximate surface area is 163 Å². The van der Waals surface area contributed by atoms with Gasteiger partial charge in [-0.2, -0.15) is 5.10 Å². The number of hydrogen-bond acceptors (Lipinski definition) is 5. The van der Waals surface area contributed by atoms with Crippen molar-refractivity contribution in [2.45, 2.75) is 25.3 Å². The maximum Gasteiger partial charge on any atom is 0.303 e. The SMILES string of the molecule is COc1cccc(C2CC(c3ccccc3)=NN2C(=O)CCC(=O)O)c1OC. The highest BCUT2D eigenvalue weighted by Gasteiger charge is 2.35. The predicted molar refractivity (Wildman–Crippen MR) is 104 cm³/mol. The fraction of sp³-hybridized carbons (Fsp3) is 0.286. The standard InChI is InChI=1S/C21H22N2O5/c1-27-18-10-6-9-15(21(18)28-2)17-13-16(14-7-4-3-5-8-14)22-23(17)19(24)11-12-20(25)26/h3-10,17H,11-13H2,1-2H3,(H,25,26). The van der Waals surface area contributed by atoms with E-state index in [9.17, 15) is 9.59 Å². The quantitative estimate of drug-likeness (QED) is 0.794. The number of methoxy groups -OCH3 is 2. The number of aliphatic carboxylic acids is 1. The van der Waals surface area contributed by atoms with E-state index in [1.165, 1.54) is 5.01 Å². The summed E-state index contributed by atoms with van der Waals surface area (Å²) < 4.78 is 10.9. The van der Waals surface area contributed by atoms with Crippen LogP contribution in [0.2, 0.25) is 0 Å². The molecule has 1 unspecified atom stereocenters. The number of benzene rings is 2. The minimum atomic E-state index is -1.02. The predicted octanol–water partition coefficient (Wildman–Crippen LogP) is 3.25. The lowest BCUT2D eigenvalue weighted by molar-refractivity contribution is -0.141. The third-order valence-corrected chi connectivity index (χ3v) is 4.62. The lowest BCUT2D eigenvalue weighted by Crippen LogP contribution is -2.27. The van der Waals surface area contributed by atoms with Gasteiger partial charge in [0.25, 0.3) is 0 Å². The molecule has 2 aromatic rings. The summed E-state index contributed by atoms with van der Waals surface area (Å²) in [6.45, 7) is 0. The normalized spacial score (nSPS) is 15.9. The van der Waals surface area contributed by atoms with Crippen LogP contribution in [0.25, 0.3) is 0 Å². The second-order valence-electron chi connectivity index (χ2n) is 6.35. The van der Waals surface area contributed by atoms with Gasteiger partial charge in [-0.25, -0.2) is 5.01 Å². The van der Waals surface area contributed by atoms with Crippen molar-refractivity contribution in [1.29, 1.82) is 0 Å². The summed E-state index contributed by atoms with van der Waals surface area (Å²) in [5.41, 5.74) is 2.45. The van der Waals surface area contributed by atoms with Crippen LogP contribution in [0.3, 0.4) is 0 Å². The molecular formula is C21H22N2O5. The molecule has 7 heteroatoms. The van der Waals surface area contributed by atoms with Crippen LogP contribution in [-0.2, 0) is 9.59 Å². The summed E-state index contributed by atoms with van der Waals surface area (Å²) in [6.07, 6.45) is 0.129. The van der Waals surface area contributed by atoms with E-state index in [-0.39, 0.29) is 18.7 Å². The average Bonchev–Trinajstić information content (AvgIpc) is 3.17. The van der Waals surface area contributed by atoms with Crippen molar-refractivity contribution in [1.82, 2.24) is 5.01 Å². The number of hydrogen-bond donors (Lipinski definition) is 1. The fourth-order valence-corrected chi connectivity index (χ4v) is 3.29. The zero-order valence-electron chi connectivity index (χ0n) is 15.8. The Bertz CT molecular complexity index is 895. The Balaban J connectivity index is 1.99. The number of para-hydroxylation sites is 1. The van der Waals surface area contributed by atoms with Crippen molar-refractivity contribution in [2.75, 3.05) is 14.2 Å². The van der Waals surface area contributed by atoms with Crippen LogP contribution in [0.1, 0.15) is 36.4 Å². The Hall–Kier alpha value is -3.35. The van der Waals surface area contributed by atoms with Crippen LogP contribution in [0.15, 0.2) is 53.6 Å². The summed E-state index contributed by atoms with van der Waals surface area (Å²) in [4.78, 5) is 23.6. The van der Waals surface area contributed by atoms with Gasteiger partial charge in [-0.1, -0.05) is 42.5 Å². The first kappa shape index (κ1) is 19.4. The molecule has 3 rings (SSSR count). The number of nitrogens with zero attached hydrogens (tertiary/aromatic N) is 2. The van der Waals surface area contributed by atoms with Crippen molar-refractivity contribution in [3.8, 4) is 11.5 Å². The van der Waals surface area contributed by atoms with Crippen molar-refractivity contribution in [2.24, 2.45) is 5.10 Å². The monoisotopic (exact) mass is 382 g/mol. The van der Waals surface area contributed by atoms with E-state index in [2.05, 4.69) is 5.10 Å². The molecule has 1 amide bonds. The number of carboxylic acids is 1. The maximum absolute atomic E-state index is 12.7. The zero-order chi connectivity index (χ0) is 20.1. The smallest absolute Gasteiger partial charge is 0.303 e. The highest BCUT2D eigenvalue weighted by atomic mass is 16.5. The minimum Gasteiger partial charge on any atom is -0.493 e. The van der Waals surface area contributed by atoms with Gasteiger partial charge in [-0.05, 0) is 11.6 Å². The van der Waals surface area contributed by atoms with Gasteiger partial charge >= 0.3 is 5.97 Å². The zero-order valence-corrected chi connectivity index (χ0v) is 15.8. The van der Waals surface area contributed by atoms with Gasteiger partial charge in [-0.3, -0.25) is 9.59 Å². The van der Waals surface area contributed by atoms with Crippen molar-refractivity contribution in [3.63, 3.8) is 0 Å². The molecule has 0 saturated heterocycles. The molecule has 28 heavy (non-hydrogen) atoms. The lowest BCUT2D eigenvalue weighted by Gasteiger charge is -2.24. The molecule has 1 atom stereocenters. The Kier molecular flexibility index (Phi) is 5.93. The minimum absolute atomic E-state index is 0.121. The first-order valence-electron chi connectivity index (χ1n) is 8.92. The van der Waals surface area contributed by atoms with E-state index in [0.717, 1.165) is 16.8 Å². The number of carbonyl (C=O) groups is 2. The molecule has 0 fully saturated rings. The van der Waals surface area contributed by atoms with Gasteiger partial charge < -0.3 is 14.6 Å². The fourth-order valence-electron chi connectivity index (χ4n) is 3.29. The number of carboxylic acid groups (broad SMARTS) is 1. The highest BCUT2D eigenvalue weighted by molar-refractivity contribution is 6.03. The molecule has 0 saturated carbocycles. The third-order valence-electron chi connectivity index (χ3n) is 4.62. The molecule has 1 aliphatic rings. The Morgan fingerprint density at radius 1 is 1.07 bits per heavy atom. The van der Waals surface area contributed by atoms with Crippen LogP contribution in [-0.4, -0.2) is 41.9 Å². The molecule has 1 aliphatic heterocycles. The lowest BCUT2D eigenvalue weighted by atomic mass is 9.97. The molecule has 7 nitrogen and oxygen atoms in total. The molecule has 146 valence electrons. The molecule has 0 radical (unpaired) electrons. The van der Waals surface area contributed by atoms with Gasteiger partial charge in [0, 0.05) is 18.4 Å². The van der Waals surface area contributed by atoms with Crippen LogP contribution < -0.4 is 9.47 Å². The van der Waals surface area contributed by atoms with Gasteiger partial charge in [0.2, 0.25) is 5.91 Å². The van der Waals surface area contributed by atoms with Gasteiger partial charge in [-0.15, -0.1) is 0 Å². The maximum atomic E-state index is 12.7. The third kappa shape index (κ3) is 3.98. The number of carbonyl (C=O) groups excluding carboxylic acids is 1. The molecule has 1 heterocycles. The average molecular weight is 382 g/mol. The van der Waals surface area contributed by atoms with E-state index in [4.69, 9.17) is 14.6 Å². The molecule has 2 aromatic carbocycles. The topological polar surface area (TPSA) is 88.4 Å². The van der Waals surface area contributed by atoms with Gasteiger partial charge in [0.15, 0.2) is 11.5 Å². The highest BCUT2D eigenvalue weighted by Crippen LogP contribution is 2.41. The van der Waals surface area contributed by atoms with Crippen molar-refractivity contribution in [3.05, 3.63) is 59.7 Å². The number of rotatable bonds is 7. The van der Waals surface area contributed by atoms with Gasteiger partial charge in [0.1, 0.15) is 0 Å². The van der Waals surface area contributed by atoms with Crippen LogP contribution >= 0.6 is 0 Å². The summed E-state index contributed by atoms with van der Waals surface area (Å²) in [5.74, 6) is -0.264. The first-order valence-corrected chi connectivity index (χ1v) is 8.92. The van der Waals surface area contributed by atoms with E-state index in [0.29, 0.717) is 17.9 Å². The summed E-state index contributed by atoms with van der Waals surface area (Å²) in [5, 5.41) is 14.8. The largest absolute Gasteiger partial charge is 0.493 e. The molecule has 1 N–H and O–H groups in total. The van der Waals surface area contributed by atoms with Crippen molar-refractivity contribution >= 4 is 17.6 Å². The Morgan fingerprint density at radius 2 is 1.82 bits per heavy atom. The van der Waals surface area contributed by atoms with E-state index >= 15 is 0 Å². The van der Waals surface area contributed by atoms with Crippen molar-refractivity contribution < 1.29 is 24.2 Å². The summed E-state index contributed by atoms with van der Waals surface area (Å²) in [6, 6.07) is 14.7. The summed E-state index contributed by atoms with van der Waals surface area (Å²) >= 11 is 0. The number of hydrazone groups is 1. The van der Waals surface area contributed by atoms with E-state index in [1.54, 1.807) is 20.3 Å².